The molecule has 1 rings (SSSR count). The second-order valence-electron chi connectivity index (χ2n) is 6.67. The van der Waals surface area contributed by atoms with Gasteiger partial charge in [0.25, 0.3) is 0 Å². The van der Waals surface area contributed by atoms with Gasteiger partial charge in [0, 0.05) is 28.8 Å². The van der Waals surface area contributed by atoms with Gasteiger partial charge in [-0.2, -0.15) is 11.8 Å². The van der Waals surface area contributed by atoms with Crippen molar-refractivity contribution in [3.05, 3.63) is 29.6 Å². The van der Waals surface area contributed by atoms with Crippen LogP contribution in [0.1, 0.15) is 46.2 Å². The van der Waals surface area contributed by atoms with Crippen molar-refractivity contribution in [2.24, 2.45) is 0 Å². The van der Waals surface area contributed by atoms with Gasteiger partial charge < -0.3 is 5.32 Å². The molecule has 0 heterocycles. The molecule has 0 aliphatic heterocycles. The van der Waals surface area contributed by atoms with Gasteiger partial charge in [-0.05, 0) is 31.5 Å². The van der Waals surface area contributed by atoms with Crippen molar-refractivity contribution < 1.29 is 12.8 Å². The SMILES string of the molecule is C[C@H](CSC(C)(C)C)N[C@H](C)c1ccc(S(C)(=O)=O)c(F)c1. The fraction of sp³-hybridized carbons (Fsp3) is 0.625. The first-order valence-corrected chi connectivity index (χ1v) is 10.2. The number of thioether (sulfide) groups is 1. The van der Waals surface area contributed by atoms with E-state index in [2.05, 4.69) is 33.0 Å². The van der Waals surface area contributed by atoms with Gasteiger partial charge in [0.1, 0.15) is 10.7 Å². The summed E-state index contributed by atoms with van der Waals surface area (Å²) in [7, 11) is -3.52. The summed E-state index contributed by atoms with van der Waals surface area (Å²) in [6, 6.07) is 4.54. The Morgan fingerprint density at radius 3 is 2.32 bits per heavy atom. The Kier molecular flexibility index (Phi) is 6.47. The smallest absolute Gasteiger partial charge is 0.178 e. The van der Waals surface area contributed by atoms with Crippen molar-refractivity contribution in [2.75, 3.05) is 12.0 Å². The first-order valence-electron chi connectivity index (χ1n) is 7.29. The summed E-state index contributed by atoms with van der Waals surface area (Å²) in [5, 5.41) is 3.42. The molecule has 0 spiro atoms. The summed E-state index contributed by atoms with van der Waals surface area (Å²) in [6.45, 7) is 10.6. The highest BCUT2D eigenvalue weighted by Gasteiger charge is 2.18. The summed E-state index contributed by atoms with van der Waals surface area (Å²) in [4.78, 5) is -0.250. The third-order valence-electron chi connectivity index (χ3n) is 3.16. The first-order chi connectivity index (χ1) is 9.90. The molecule has 2 atom stereocenters. The average molecular weight is 348 g/mol. The van der Waals surface area contributed by atoms with Crippen molar-refractivity contribution in [3.8, 4) is 0 Å². The zero-order chi connectivity index (χ0) is 17.1. The van der Waals surface area contributed by atoms with Crippen LogP contribution in [0.4, 0.5) is 4.39 Å². The molecule has 1 N–H and O–H groups in total. The van der Waals surface area contributed by atoms with Crippen LogP contribution >= 0.6 is 11.8 Å². The van der Waals surface area contributed by atoms with Gasteiger partial charge in [-0.3, -0.25) is 0 Å². The van der Waals surface area contributed by atoms with E-state index < -0.39 is 15.7 Å². The maximum absolute atomic E-state index is 13.9. The van der Waals surface area contributed by atoms with Crippen LogP contribution in [-0.4, -0.2) is 31.2 Å². The third-order valence-corrected chi connectivity index (χ3v) is 5.82. The van der Waals surface area contributed by atoms with Gasteiger partial charge in [0.05, 0.1) is 0 Å². The number of hydrogen-bond acceptors (Lipinski definition) is 4. The fourth-order valence-electron chi connectivity index (χ4n) is 2.03. The highest BCUT2D eigenvalue weighted by molar-refractivity contribution is 8.00. The topological polar surface area (TPSA) is 46.2 Å². The van der Waals surface area contributed by atoms with Crippen molar-refractivity contribution in [1.29, 1.82) is 0 Å². The van der Waals surface area contributed by atoms with Gasteiger partial charge in [-0.15, -0.1) is 0 Å². The van der Waals surface area contributed by atoms with Crippen molar-refractivity contribution in [3.63, 3.8) is 0 Å². The minimum absolute atomic E-state index is 0.0429. The Hall–Kier alpha value is -0.590. The fourth-order valence-corrected chi connectivity index (χ4v) is 3.61. The van der Waals surface area contributed by atoms with Gasteiger partial charge in [0.15, 0.2) is 9.84 Å². The molecule has 1 aromatic rings. The zero-order valence-electron chi connectivity index (χ0n) is 14.1. The van der Waals surface area contributed by atoms with Gasteiger partial charge in [-0.25, -0.2) is 12.8 Å². The molecule has 126 valence electrons. The molecule has 6 heteroatoms. The predicted molar refractivity (Wildman–Crippen MR) is 92.7 cm³/mol. The molecule has 0 radical (unpaired) electrons. The van der Waals surface area contributed by atoms with Crippen molar-refractivity contribution >= 4 is 21.6 Å². The van der Waals surface area contributed by atoms with Gasteiger partial charge >= 0.3 is 0 Å². The van der Waals surface area contributed by atoms with Crippen LogP contribution < -0.4 is 5.32 Å². The molecule has 0 aromatic heterocycles. The number of rotatable bonds is 6. The first kappa shape index (κ1) is 19.5. The molecule has 0 amide bonds. The molecule has 0 aliphatic rings. The molecule has 0 unspecified atom stereocenters. The molecule has 0 bridgehead atoms. The van der Waals surface area contributed by atoms with Crippen molar-refractivity contribution in [1.82, 2.24) is 5.32 Å². The molecule has 22 heavy (non-hydrogen) atoms. The molecular formula is C16H26FNO2S2. The van der Waals surface area contributed by atoms with E-state index in [1.54, 1.807) is 6.07 Å². The number of nitrogens with one attached hydrogen (secondary N) is 1. The zero-order valence-corrected chi connectivity index (χ0v) is 15.7. The predicted octanol–water partition coefficient (Wildman–Crippen LogP) is 3.80. The van der Waals surface area contributed by atoms with E-state index in [-0.39, 0.29) is 21.7 Å². The largest absolute Gasteiger partial charge is 0.307 e. The summed E-state index contributed by atoms with van der Waals surface area (Å²) < 4.78 is 37.0. The maximum Gasteiger partial charge on any atom is 0.178 e. The summed E-state index contributed by atoms with van der Waals surface area (Å²) in [6.07, 6.45) is 1.01. The Morgan fingerprint density at radius 2 is 1.86 bits per heavy atom. The molecule has 1 aromatic carbocycles. The minimum atomic E-state index is -3.52. The van der Waals surface area contributed by atoms with E-state index in [1.165, 1.54) is 12.1 Å². The van der Waals surface area contributed by atoms with Gasteiger partial charge in [0.2, 0.25) is 0 Å². The van der Waals surface area contributed by atoms with Crippen molar-refractivity contribution in [2.45, 2.75) is 56.3 Å². The summed E-state index contributed by atoms with van der Waals surface area (Å²) >= 11 is 1.87. The Bertz CT molecular complexity index is 609. The van der Waals surface area contributed by atoms with Gasteiger partial charge in [-0.1, -0.05) is 26.8 Å². The molecule has 0 aliphatic carbocycles. The number of halogens is 1. The number of hydrogen-bond donors (Lipinski definition) is 1. The minimum Gasteiger partial charge on any atom is -0.307 e. The Balaban J connectivity index is 2.74. The lowest BCUT2D eigenvalue weighted by atomic mass is 10.1. The van der Waals surface area contributed by atoms with E-state index >= 15 is 0 Å². The van der Waals surface area contributed by atoms with Crippen LogP contribution in [0.3, 0.4) is 0 Å². The highest BCUT2D eigenvalue weighted by Crippen LogP contribution is 2.25. The van der Waals surface area contributed by atoms with Crippen LogP contribution in [0.25, 0.3) is 0 Å². The van der Waals surface area contributed by atoms with E-state index in [0.717, 1.165) is 17.6 Å². The molecule has 0 saturated heterocycles. The Labute approximate surface area is 138 Å². The molecule has 0 saturated carbocycles. The lowest BCUT2D eigenvalue weighted by Crippen LogP contribution is -2.32. The quantitative estimate of drug-likeness (QED) is 0.850. The number of sulfone groups is 1. The Morgan fingerprint density at radius 1 is 1.27 bits per heavy atom. The standard InChI is InChI=1S/C16H26FNO2S2/c1-11(10-21-16(3,4)5)18-12(2)13-7-8-15(14(17)9-13)22(6,19)20/h7-9,11-12,18H,10H2,1-6H3/t11-,12-/m1/s1. The molecule has 0 fully saturated rings. The van der Waals surface area contributed by atoms with Crippen LogP contribution in [0, 0.1) is 5.82 Å². The highest BCUT2D eigenvalue weighted by atomic mass is 32.2. The monoisotopic (exact) mass is 347 g/mol. The van der Waals surface area contributed by atoms with Crippen LogP contribution in [0.2, 0.25) is 0 Å². The second kappa shape index (κ2) is 7.32. The summed E-state index contributed by atoms with van der Waals surface area (Å²) in [5.74, 6) is 0.267. The normalized spacial score (nSPS) is 15.6. The molecule has 3 nitrogen and oxygen atoms in total. The summed E-state index contributed by atoms with van der Waals surface area (Å²) in [5.41, 5.74) is 0.748. The molecular weight excluding hydrogens is 321 g/mol. The van der Waals surface area contributed by atoms with Crippen LogP contribution in [0.15, 0.2) is 23.1 Å². The third kappa shape index (κ3) is 6.26. The van der Waals surface area contributed by atoms with E-state index in [4.69, 9.17) is 0 Å². The van der Waals surface area contributed by atoms with E-state index in [9.17, 15) is 12.8 Å². The lowest BCUT2D eigenvalue weighted by molar-refractivity contribution is 0.504. The van der Waals surface area contributed by atoms with Crippen LogP contribution in [0.5, 0.6) is 0 Å². The van der Waals surface area contributed by atoms with E-state index in [0.29, 0.717) is 0 Å². The maximum atomic E-state index is 13.9. The second-order valence-corrected chi connectivity index (χ2v) is 10.5. The lowest BCUT2D eigenvalue weighted by Gasteiger charge is -2.24. The number of benzene rings is 1. The van der Waals surface area contributed by atoms with E-state index in [1.807, 2.05) is 18.7 Å². The van der Waals surface area contributed by atoms with Crippen LogP contribution in [-0.2, 0) is 9.84 Å². The average Bonchev–Trinajstić information content (AvgIpc) is 2.33.